The fourth-order valence-corrected chi connectivity index (χ4v) is 2.67. The van der Waals surface area contributed by atoms with Crippen LogP contribution in [-0.4, -0.2) is 25.7 Å². The summed E-state index contributed by atoms with van der Waals surface area (Å²) < 4.78 is 4.88. The number of nitrogens with two attached hydrogens (primary N) is 1. The first kappa shape index (κ1) is 19.4. The molecule has 0 radical (unpaired) electrons. The lowest BCUT2D eigenvalue weighted by Gasteiger charge is -2.19. The number of halogens is 1. The molecule has 0 saturated heterocycles. The van der Waals surface area contributed by atoms with E-state index in [1.807, 2.05) is 12.1 Å². The Morgan fingerprint density at radius 3 is 2.28 bits per heavy atom. The van der Waals surface area contributed by atoms with Crippen molar-refractivity contribution in [1.82, 2.24) is 0 Å². The molecule has 1 amide bonds. The summed E-state index contributed by atoms with van der Waals surface area (Å²) in [4.78, 5) is 12.0. The molecule has 0 aliphatic carbocycles. The van der Waals surface area contributed by atoms with Crippen LogP contribution in [0.3, 0.4) is 0 Å². The highest BCUT2D eigenvalue weighted by molar-refractivity contribution is 6.34. The van der Waals surface area contributed by atoms with Crippen LogP contribution in [0.25, 0.3) is 11.1 Å². The highest BCUT2D eigenvalue weighted by Gasteiger charge is 2.16. The van der Waals surface area contributed by atoms with Crippen molar-refractivity contribution in [1.29, 1.82) is 0 Å². The van der Waals surface area contributed by atoms with Crippen molar-refractivity contribution in [3.05, 3.63) is 53.1 Å². The van der Waals surface area contributed by atoms with E-state index in [4.69, 9.17) is 22.1 Å². The zero-order valence-corrected chi connectivity index (χ0v) is 15.9. The molecule has 3 N–H and O–H groups in total. The van der Waals surface area contributed by atoms with E-state index in [1.165, 1.54) is 12.7 Å². The van der Waals surface area contributed by atoms with Gasteiger partial charge in [0.25, 0.3) is 0 Å². The predicted molar refractivity (Wildman–Crippen MR) is 104 cm³/mol. The summed E-state index contributed by atoms with van der Waals surface area (Å²) in [6.07, 6.45) is 0. The third kappa shape index (κ3) is 5.05. The number of hydrogen-bond donors (Lipinski definition) is 2. The molecule has 0 aliphatic rings. The van der Waals surface area contributed by atoms with Crippen molar-refractivity contribution in [2.24, 2.45) is 5.73 Å². The zero-order chi connectivity index (χ0) is 18.6. The van der Waals surface area contributed by atoms with E-state index >= 15 is 0 Å². The highest BCUT2D eigenvalue weighted by atomic mass is 35.5. The Morgan fingerprint density at radius 2 is 1.76 bits per heavy atom. The van der Waals surface area contributed by atoms with Gasteiger partial charge in [0.2, 0.25) is 5.91 Å². The Kier molecular flexibility index (Phi) is 6.22. The summed E-state index contributed by atoms with van der Waals surface area (Å²) in [5, 5.41) is 3.19. The van der Waals surface area contributed by atoms with Crippen LogP contribution < -0.4 is 11.1 Å². The van der Waals surface area contributed by atoms with E-state index in [9.17, 15) is 4.79 Å². The van der Waals surface area contributed by atoms with Crippen molar-refractivity contribution in [2.75, 3.05) is 19.0 Å². The van der Waals surface area contributed by atoms with Gasteiger partial charge in [-0.1, -0.05) is 62.7 Å². The van der Waals surface area contributed by atoms with Gasteiger partial charge in [0.05, 0.1) is 17.3 Å². The lowest BCUT2D eigenvalue weighted by Crippen LogP contribution is -2.39. The van der Waals surface area contributed by atoms with E-state index in [1.54, 1.807) is 6.07 Å². The molecular formula is C20H25ClN2O2. The number of carbonyl (C=O) groups is 1. The summed E-state index contributed by atoms with van der Waals surface area (Å²) in [6, 6.07) is 13.2. The van der Waals surface area contributed by atoms with Gasteiger partial charge in [0.15, 0.2) is 0 Å². The monoisotopic (exact) mass is 360 g/mol. The molecule has 2 rings (SSSR count). The molecule has 4 nitrogen and oxygen atoms in total. The molecule has 5 heteroatoms. The van der Waals surface area contributed by atoms with E-state index < -0.39 is 6.04 Å². The standard InChI is InChI=1S/C20H25ClN2O2/c1-20(2,3)15-8-5-13(6-9-15)14-7-10-18(16(21)11-14)23-19(24)17(22)12-25-4/h5-11,17H,12,22H2,1-4H3,(H,23,24). The molecule has 134 valence electrons. The first-order valence-corrected chi connectivity index (χ1v) is 8.56. The number of methoxy groups -OCH3 is 1. The fourth-order valence-electron chi connectivity index (χ4n) is 2.44. The molecule has 25 heavy (non-hydrogen) atoms. The normalized spacial score (nSPS) is 12.7. The number of ether oxygens (including phenoxy) is 1. The summed E-state index contributed by atoms with van der Waals surface area (Å²) in [6.45, 7) is 6.71. The van der Waals surface area contributed by atoms with Crippen molar-refractivity contribution < 1.29 is 9.53 Å². The molecule has 1 unspecified atom stereocenters. The molecule has 0 bridgehead atoms. The van der Waals surface area contributed by atoms with Crippen LogP contribution in [0.5, 0.6) is 0 Å². The van der Waals surface area contributed by atoms with Crippen molar-refractivity contribution in [2.45, 2.75) is 32.2 Å². The zero-order valence-electron chi connectivity index (χ0n) is 15.1. The topological polar surface area (TPSA) is 64.3 Å². The van der Waals surface area contributed by atoms with Gasteiger partial charge in [-0.15, -0.1) is 0 Å². The average molecular weight is 361 g/mol. The Morgan fingerprint density at radius 1 is 1.16 bits per heavy atom. The lowest BCUT2D eigenvalue weighted by atomic mass is 9.86. The maximum atomic E-state index is 12.0. The van der Waals surface area contributed by atoms with E-state index in [0.717, 1.165) is 11.1 Å². The van der Waals surface area contributed by atoms with Crippen LogP contribution >= 0.6 is 11.6 Å². The maximum Gasteiger partial charge on any atom is 0.243 e. The van der Waals surface area contributed by atoms with Crippen LogP contribution in [0.15, 0.2) is 42.5 Å². The first-order valence-electron chi connectivity index (χ1n) is 8.18. The lowest BCUT2D eigenvalue weighted by molar-refractivity contribution is -0.118. The predicted octanol–water partition coefficient (Wildman–Crippen LogP) is 4.22. The summed E-state index contributed by atoms with van der Waals surface area (Å²) >= 11 is 6.32. The summed E-state index contributed by atoms with van der Waals surface area (Å²) in [5.41, 5.74) is 9.71. The van der Waals surface area contributed by atoms with Crippen LogP contribution in [0, 0.1) is 0 Å². The van der Waals surface area contributed by atoms with Gasteiger partial charge in [-0.25, -0.2) is 0 Å². The smallest absolute Gasteiger partial charge is 0.243 e. The number of anilines is 1. The molecule has 0 spiro atoms. The Hall–Kier alpha value is -1.88. The SMILES string of the molecule is COCC(N)C(=O)Nc1ccc(-c2ccc(C(C)(C)C)cc2)cc1Cl. The van der Waals surface area contributed by atoms with Gasteiger partial charge in [-0.3, -0.25) is 4.79 Å². The molecule has 0 aromatic heterocycles. The number of benzene rings is 2. The van der Waals surface area contributed by atoms with Crippen molar-refractivity contribution in [3.63, 3.8) is 0 Å². The third-order valence-electron chi connectivity index (χ3n) is 3.99. The third-order valence-corrected chi connectivity index (χ3v) is 4.31. The summed E-state index contributed by atoms with van der Waals surface area (Å²) in [5.74, 6) is -0.328. The van der Waals surface area contributed by atoms with E-state index in [0.29, 0.717) is 10.7 Å². The van der Waals surface area contributed by atoms with Crippen molar-refractivity contribution in [3.8, 4) is 11.1 Å². The Bertz CT molecular complexity index is 736. The second-order valence-corrected chi connectivity index (χ2v) is 7.48. The number of amides is 1. The number of nitrogens with one attached hydrogen (secondary N) is 1. The molecule has 0 saturated carbocycles. The fraction of sp³-hybridized carbons (Fsp3) is 0.350. The quantitative estimate of drug-likeness (QED) is 0.839. The Labute approximate surface area is 154 Å². The Balaban J connectivity index is 2.17. The van der Waals surface area contributed by atoms with Crippen LogP contribution in [0.1, 0.15) is 26.3 Å². The van der Waals surface area contributed by atoms with E-state index in [-0.39, 0.29) is 17.9 Å². The minimum absolute atomic E-state index is 0.116. The number of rotatable bonds is 5. The van der Waals surface area contributed by atoms with Gasteiger partial charge in [-0.2, -0.15) is 0 Å². The van der Waals surface area contributed by atoms with Gasteiger partial charge in [0.1, 0.15) is 6.04 Å². The number of hydrogen-bond acceptors (Lipinski definition) is 3. The molecule has 1 atom stereocenters. The maximum absolute atomic E-state index is 12.0. The molecular weight excluding hydrogens is 336 g/mol. The molecule has 0 fully saturated rings. The second kappa shape index (κ2) is 8.00. The van der Waals surface area contributed by atoms with Gasteiger partial charge >= 0.3 is 0 Å². The van der Waals surface area contributed by atoms with Crippen molar-refractivity contribution >= 4 is 23.2 Å². The molecule has 0 heterocycles. The van der Waals surface area contributed by atoms with Gasteiger partial charge in [-0.05, 0) is 34.2 Å². The number of carbonyl (C=O) groups excluding carboxylic acids is 1. The molecule has 0 aliphatic heterocycles. The average Bonchev–Trinajstić information content (AvgIpc) is 2.56. The minimum Gasteiger partial charge on any atom is -0.383 e. The molecule has 2 aromatic carbocycles. The van der Waals surface area contributed by atoms with Gasteiger partial charge in [0, 0.05) is 7.11 Å². The second-order valence-electron chi connectivity index (χ2n) is 7.07. The largest absolute Gasteiger partial charge is 0.383 e. The van der Waals surface area contributed by atoms with Crippen LogP contribution in [-0.2, 0) is 14.9 Å². The summed E-state index contributed by atoms with van der Waals surface area (Å²) in [7, 11) is 1.50. The molecule has 2 aromatic rings. The van der Waals surface area contributed by atoms with Gasteiger partial charge < -0.3 is 15.8 Å². The van der Waals surface area contributed by atoms with Crippen LogP contribution in [0.4, 0.5) is 5.69 Å². The van der Waals surface area contributed by atoms with E-state index in [2.05, 4.69) is 50.4 Å². The van der Waals surface area contributed by atoms with Crippen LogP contribution in [0.2, 0.25) is 5.02 Å². The highest BCUT2D eigenvalue weighted by Crippen LogP contribution is 2.30. The minimum atomic E-state index is -0.731. The first-order chi connectivity index (χ1) is 11.7.